The molecule has 6 nitrogen and oxygen atoms in total. The minimum absolute atomic E-state index is 0.158. The fourth-order valence-corrected chi connectivity index (χ4v) is 4.22. The number of amidine groups is 1. The smallest absolute Gasteiger partial charge is 0.261 e. The lowest BCUT2D eigenvalue weighted by atomic mass is 10.1. The monoisotopic (exact) mass is 434 g/mol. The molecule has 0 atom stereocenters. The zero-order valence-corrected chi connectivity index (χ0v) is 16.2. The first-order valence-electron chi connectivity index (χ1n) is 8.32. The summed E-state index contributed by atoms with van der Waals surface area (Å²) in [6, 6.07) is 10.4. The van der Waals surface area contributed by atoms with Crippen LogP contribution in [0.25, 0.3) is 11.3 Å². The lowest BCUT2D eigenvalue weighted by Crippen LogP contribution is -2.13. The number of sulfonamides is 1. The summed E-state index contributed by atoms with van der Waals surface area (Å²) in [6.45, 7) is 0.479. The molecule has 1 aliphatic rings. The van der Waals surface area contributed by atoms with Gasteiger partial charge >= 0.3 is 0 Å². The summed E-state index contributed by atoms with van der Waals surface area (Å²) >= 11 is 6.33. The van der Waals surface area contributed by atoms with E-state index in [0.29, 0.717) is 35.4 Å². The maximum Gasteiger partial charge on any atom is 0.261 e. The second-order valence-corrected chi connectivity index (χ2v) is 8.37. The van der Waals surface area contributed by atoms with Crippen molar-refractivity contribution in [1.29, 1.82) is 0 Å². The molecule has 0 radical (unpaired) electrons. The van der Waals surface area contributed by atoms with Gasteiger partial charge in [-0.05, 0) is 42.5 Å². The van der Waals surface area contributed by atoms with E-state index in [1.54, 1.807) is 12.1 Å². The van der Waals surface area contributed by atoms with Crippen LogP contribution in [0.2, 0.25) is 5.02 Å². The maximum atomic E-state index is 13.4. The predicted octanol–water partition coefficient (Wildman–Crippen LogP) is 3.70. The van der Waals surface area contributed by atoms with Gasteiger partial charge in [0.15, 0.2) is 11.6 Å². The highest BCUT2D eigenvalue weighted by Crippen LogP contribution is 2.31. The van der Waals surface area contributed by atoms with E-state index in [1.807, 2.05) is 6.07 Å². The molecule has 4 rings (SSSR count). The molecule has 3 aromatic rings. The molecule has 0 unspecified atom stereocenters. The average molecular weight is 435 g/mol. The topological polar surface area (TPSA) is 97.4 Å². The van der Waals surface area contributed by atoms with Crippen LogP contribution < -0.4 is 10.5 Å². The molecule has 1 aliphatic heterocycles. The van der Waals surface area contributed by atoms with E-state index in [2.05, 4.69) is 14.7 Å². The summed E-state index contributed by atoms with van der Waals surface area (Å²) in [5.41, 5.74) is 8.63. The lowest BCUT2D eigenvalue weighted by molar-refractivity contribution is 0.504. The molecule has 1 aromatic heterocycles. The first-order chi connectivity index (χ1) is 13.7. The van der Waals surface area contributed by atoms with E-state index < -0.39 is 26.6 Å². The van der Waals surface area contributed by atoms with Gasteiger partial charge in [-0.2, -0.15) is 0 Å². The summed E-state index contributed by atoms with van der Waals surface area (Å²) in [5.74, 6) is -2.04. The Labute approximate surface area is 170 Å². The van der Waals surface area contributed by atoms with Crippen molar-refractivity contribution >= 4 is 33.1 Å². The number of nitrogens with two attached hydrogens (primary N) is 1. The number of hydrogen-bond acceptors (Lipinski definition) is 5. The number of benzene rings is 2. The molecule has 0 saturated heterocycles. The van der Waals surface area contributed by atoms with Gasteiger partial charge in [-0.3, -0.25) is 9.71 Å². The van der Waals surface area contributed by atoms with E-state index in [9.17, 15) is 17.2 Å². The SMILES string of the molecule is NC1=NCc2ccc(-c3ccc(NS(=O)(=O)c4ccc(F)c(F)c4)cc3Cl)nc21. The Morgan fingerprint density at radius 3 is 2.55 bits per heavy atom. The van der Waals surface area contributed by atoms with Gasteiger partial charge in [0.05, 0.1) is 27.8 Å². The Balaban J connectivity index is 1.63. The summed E-state index contributed by atoms with van der Waals surface area (Å²) in [6.07, 6.45) is 0. The minimum atomic E-state index is -4.13. The third-order valence-corrected chi connectivity index (χ3v) is 6.03. The number of anilines is 1. The second kappa shape index (κ2) is 7.09. The van der Waals surface area contributed by atoms with Crippen molar-refractivity contribution in [3.05, 3.63) is 76.4 Å². The van der Waals surface area contributed by atoms with Crippen LogP contribution in [0, 0.1) is 11.6 Å². The average Bonchev–Trinajstić information content (AvgIpc) is 3.04. The van der Waals surface area contributed by atoms with E-state index in [1.165, 1.54) is 12.1 Å². The van der Waals surface area contributed by atoms with E-state index in [4.69, 9.17) is 17.3 Å². The van der Waals surface area contributed by atoms with Crippen LogP contribution in [0.3, 0.4) is 0 Å². The van der Waals surface area contributed by atoms with Crippen LogP contribution in [-0.2, 0) is 16.6 Å². The summed E-state index contributed by atoms with van der Waals surface area (Å²) in [7, 11) is -4.13. The Hall–Kier alpha value is -3.04. The molecule has 148 valence electrons. The summed E-state index contributed by atoms with van der Waals surface area (Å²) in [4.78, 5) is 8.20. The highest BCUT2D eigenvalue weighted by Gasteiger charge is 2.19. The molecule has 3 N–H and O–H groups in total. The van der Waals surface area contributed by atoms with Crippen molar-refractivity contribution in [1.82, 2.24) is 4.98 Å². The Bertz CT molecular complexity index is 1280. The second-order valence-electron chi connectivity index (χ2n) is 6.28. The van der Waals surface area contributed by atoms with Crippen molar-refractivity contribution in [2.75, 3.05) is 4.72 Å². The van der Waals surface area contributed by atoms with Gasteiger partial charge in [-0.1, -0.05) is 17.7 Å². The molecule has 10 heteroatoms. The molecule has 0 aliphatic carbocycles. The number of nitrogens with zero attached hydrogens (tertiary/aromatic N) is 2. The molecule has 0 amide bonds. The number of fused-ring (bicyclic) bond motifs is 1. The molecule has 0 spiro atoms. The Morgan fingerprint density at radius 2 is 1.83 bits per heavy atom. The van der Waals surface area contributed by atoms with Gasteiger partial charge in [-0.25, -0.2) is 22.2 Å². The quantitative estimate of drug-likeness (QED) is 0.654. The summed E-state index contributed by atoms with van der Waals surface area (Å²) < 4.78 is 53.5. The Morgan fingerprint density at radius 1 is 1.03 bits per heavy atom. The first kappa shape index (κ1) is 19.3. The van der Waals surface area contributed by atoms with Crippen molar-refractivity contribution in [3.63, 3.8) is 0 Å². The zero-order valence-electron chi connectivity index (χ0n) is 14.7. The van der Waals surface area contributed by atoms with Crippen molar-refractivity contribution in [2.24, 2.45) is 10.7 Å². The zero-order chi connectivity index (χ0) is 20.8. The molecular weight excluding hydrogens is 422 g/mol. The molecule has 2 heterocycles. The van der Waals surface area contributed by atoms with Crippen LogP contribution >= 0.6 is 11.6 Å². The van der Waals surface area contributed by atoms with E-state index >= 15 is 0 Å². The Kier molecular flexibility index (Phi) is 4.71. The normalized spacial score (nSPS) is 13.1. The number of aliphatic imine (C=N–C) groups is 1. The number of aromatic nitrogens is 1. The van der Waals surface area contributed by atoms with Crippen LogP contribution in [0.1, 0.15) is 11.3 Å². The van der Waals surface area contributed by atoms with Gasteiger partial charge < -0.3 is 5.73 Å². The minimum Gasteiger partial charge on any atom is -0.382 e. The number of nitrogens with one attached hydrogen (secondary N) is 1. The number of halogens is 3. The lowest BCUT2D eigenvalue weighted by Gasteiger charge is -2.11. The van der Waals surface area contributed by atoms with Crippen LogP contribution in [-0.4, -0.2) is 19.2 Å². The van der Waals surface area contributed by atoms with Gasteiger partial charge in [0, 0.05) is 11.1 Å². The van der Waals surface area contributed by atoms with Crippen molar-refractivity contribution < 1.29 is 17.2 Å². The molecule has 0 saturated carbocycles. The fraction of sp³-hybridized carbons (Fsp3) is 0.0526. The van der Waals surface area contributed by atoms with Crippen LogP contribution in [0.15, 0.2) is 58.4 Å². The molecular formula is C19H13ClF2N4O2S. The highest BCUT2D eigenvalue weighted by molar-refractivity contribution is 7.92. The van der Waals surface area contributed by atoms with E-state index in [0.717, 1.165) is 17.7 Å². The third-order valence-electron chi connectivity index (χ3n) is 4.34. The van der Waals surface area contributed by atoms with Gasteiger partial charge in [0.2, 0.25) is 0 Å². The third kappa shape index (κ3) is 3.66. The molecule has 2 aromatic carbocycles. The van der Waals surface area contributed by atoms with Crippen LogP contribution in [0.4, 0.5) is 14.5 Å². The maximum absolute atomic E-state index is 13.4. The molecule has 0 fully saturated rings. The van der Waals surface area contributed by atoms with Crippen molar-refractivity contribution in [2.45, 2.75) is 11.4 Å². The van der Waals surface area contributed by atoms with Crippen LogP contribution in [0.5, 0.6) is 0 Å². The largest absolute Gasteiger partial charge is 0.382 e. The highest BCUT2D eigenvalue weighted by atomic mass is 35.5. The fourth-order valence-electron chi connectivity index (χ4n) is 2.88. The number of hydrogen-bond donors (Lipinski definition) is 2. The van der Waals surface area contributed by atoms with Gasteiger partial charge in [0.25, 0.3) is 10.0 Å². The first-order valence-corrected chi connectivity index (χ1v) is 10.2. The van der Waals surface area contributed by atoms with Crippen molar-refractivity contribution in [3.8, 4) is 11.3 Å². The summed E-state index contributed by atoms with van der Waals surface area (Å²) in [5, 5.41) is 0.247. The predicted molar refractivity (Wildman–Crippen MR) is 106 cm³/mol. The number of rotatable bonds is 4. The standard InChI is InChI=1S/C19H13ClF2N4O2S/c20-14-7-11(26-29(27,28)12-3-5-15(21)16(22)8-12)2-4-13(14)17-6-1-10-9-24-19(23)18(10)25-17/h1-8,26H,9H2,(H2,23,24). The van der Waals surface area contributed by atoms with E-state index in [-0.39, 0.29) is 10.7 Å². The van der Waals surface area contributed by atoms with Gasteiger partial charge in [0.1, 0.15) is 11.5 Å². The van der Waals surface area contributed by atoms with Gasteiger partial charge in [-0.15, -0.1) is 0 Å². The molecule has 0 bridgehead atoms. The number of pyridine rings is 1. The molecule has 29 heavy (non-hydrogen) atoms.